The van der Waals surface area contributed by atoms with Gasteiger partial charge in [-0.2, -0.15) is 15.0 Å². The molecule has 6 nitrogen and oxygen atoms in total. The van der Waals surface area contributed by atoms with E-state index < -0.39 is 0 Å². The molecule has 2 heterocycles. The summed E-state index contributed by atoms with van der Waals surface area (Å²) in [4.78, 5) is 16.0. The van der Waals surface area contributed by atoms with Gasteiger partial charge < -0.3 is 10.0 Å². The summed E-state index contributed by atoms with van der Waals surface area (Å²) in [6, 6.07) is 15.7. The summed E-state index contributed by atoms with van der Waals surface area (Å²) in [5.41, 5.74) is 3.80. The maximum atomic E-state index is 12.6. The minimum Gasteiger partial charge on any atom is -0.392 e. The Morgan fingerprint density at radius 1 is 1.04 bits per heavy atom. The minimum absolute atomic E-state index is 0.0719. The Morgan fingerprint density at radius 3 is 2.35 bits per heavy atom. The fourth-order valence-electron chi connectivity index (χ4n) is 3.54. The zero-order valence-electron chi connectivity index (χ0n) is 14.6. The van der Waals surface area contributed by atoms with Crippen LogP contribution in [0, 0.1) is 5.92 Å². The molecule has 0 radical (unpaired) electrons. The fraction of sp³-hybridized carbons (Fsp3) is 0.350. The second-order valence-corrected chi connectivity index (χ2v) is 6.89. The Hall–Kier alpha value is -2.73. The fourth-order valence-corrected chi connectivity index (χ4v) is 3.54. The van der Waals surface area contributed by atoms with E-state index in [2.05, 4.69) is 22.3 Å². The van der Waals surface area contributed by atoms with Gasteiger partial charge in [0.2, 0.25) is 5.91 Å². The van der Waals surface area contributed by atoms with Gasteiger partial charge in [-0.05, 0) is 42.0 Å². The number of hydrogen-bond donors (Lipinski definition) is 1. The maximum Gasteiger partial charge on any atom is 0.246 e. The van der Waals surface area contributed by atoms with Gasteiger partial charge in [0.25, 0.3) is 0 Å². The molecule has 0 saturated carbocycles. The maximum absolute atomic E-state index is 12.6. The van der Waals surface area contributed by atoms with Crippen molar-refractivity contribution in [3.63, 3.8) is 0 Å². The highest BCUT2D eigenvalue weighted by molar-refractivity contribution is 5.77. The van der Waals surface area contributed by atoms with E-state index in [9.17, 15) is 4.79 Å². The first-order chi connectivity index (χ1) is 12.7. The molecule has 1 saturated heterocycles. The number of fused-ring (bicyclic) bond motifs is 1. The van der Waals surface area contributed by atoms with Crippen molar-refractivity contribution in [2.45, 2.75) is 26.0 Å². The number of likely N-dealkylation sites (tertiary alicyclic amines) is 1. The summed E-state index contributed by atoms with van der Waals surface area (Å²) in [6.07, 6.45) is 1.97. The van der Waals surface area contributed by atoms with Gasteiger partial charge in [0.1, 0.15) is 17.6 Å². The van der Waals surface area contributed by atoms with E-state index in [4.69, 9.17) is 5.11 Å². The SMILES string of the molecule is O=C(Cn1nc2ccccc2n1)N1CC[C@H](Cc2ccc(CO)cc2)C1. The topological polar surface area (TPSA) is 71.2 Å². The van der Waals surface area contributed by atoms with Gasteiger partial charge in [-0.15, -0.1) is 0 Å². The van der Waals surface area contributed by atoms with E-state index in [0.717, 1.165) is 42.5 Å². The van der Waals surface area contributed by atoms with Crippen molar-refractivity contribution in [1.82, 2.24) is 19.9 Å². The Bertz CT molecular complexity index is 871. The molecule has 1 fully saturated rings. The lowest BCUT2D eigenvalue weighted by molar-refractivity contribution is -0.131. The summed E-state index contributed by atoms with van der Waals surface area (Å²) >= 11 is 0. The first kappa shape index (κ1) is 16.7. The number of carbonyl (C=O) groups excluding carboxylic acids is 1. The third-order valence-corrected chi connectivity index (χ3v) is 4.97. The molecule has 4 rings (SSSR count). The zero-order valence-corrected chi connectivity index (χ0v) is 14.6. The van der Waals surface area contributed by atoms with Crippen molar-refractivity contribution in [2.24, 2.45) is 5.92 Å². The summed E-state index contributed by atoms with van der Waals surface area (Å²) in [6.45, 7) is 1.83. The monoisotopic (exact) mass is 350 g/mol. The van der Waals surface area contributed by atoms with Crippen molar-refractivity contribution in [2.75, 3.05) is 13.1 Å². The van der Waals surface area contributed by atoms with Crippen LogP contribution in [0.3, 0.4) is 0 Å². The quantitative estimate of drug-likeness (QED) is 0.764. The van der Waals surface area contributed by atoms with Gasteiger partial charge in [-0.1, -0.05) is 36.4 Å². The molecule has 0 aliphatic carbocycles. The van der Waals surface area contributed by atoms with Crippen molar-refractivity contribution in [3.05, 3.63) is 59.7 Å². The largest absolute Gasteiger partial charge is 0.392 e. The van der Waals surface area contributed by atoms with Crippen LogP contribution in [0.25, 0.3) is 11.0 Å². The van der Waals surface area contributed by atoms with E-state index in [1.807, 2.05) is 41.3 Å². The second-order valence-electron chi connectivity index (χ2n) is 6.89. The Balaban J connectivity index is 1.34. The van der Waals surface area contributed by atoms with Crippen molar-refractivity contribution >= 4 is 16.9 Å². The van der Waals surface area contributed by atoms with E-state index >= 15 is 0 Å². The molecule has 26 heavy (non-hydrogen) atoms. The summed E-state index contributed by atoms with van der Waals surface area (Å²) in [5, 5.41) is 17.8. The second kappa shape index (κ2) is 7.25. The highest BCUT2D eigenvalue weighted by Crippen LogP contribution is 2.21. The lowest BCUT2D eigenvalue weighted by atomic mass is 9.98. The van der Waals surface area contributed by atoms with Crippen LogP contribution in [0.2, 0.25) is 0 Å². The molecule has 2 aromatic carbocycles. The predicted molar refractivity (Wildman–Crippen MR) is 98.3 cm³/mol. The normalized spacial score (nSPS) is 17.1. The summed E-state index contributed by atoms with van der Waals surface area (Å²) < 4.78 is 0. The molecule has 1 aliphatic rings. The average molecular weight is 350 g/mol. The Kier molecular flexibility index (Phi) is 4.67. The summed E-state index contributed by atoms with van der Waals surface area (Å²) in [5.74, 6) is 0.548. The number of nitrogens with zero attached hydrogens (tertiary/aromatic N) is 4. The molecule has 0 unspecified atom stereocenters. The third kappa shape index (κ3) is 3.60. The molecular weight excluding hydrogens is 328 g/mol. The molecule has 1 N–H and O–H groups in total. The van der Waals surface area contributed by atoms with Crippen LogP contribution in [-0.2, 0) is 24.4 Å². The van der Waals surface area contributed by atoms with Gasteiger partial charge >= 0.3 is 0 Å². The molecule has 134 valence electrons. The van der Waals surface area contributed by atoms with Crippen molar-refractivity contribution in [1.29, 1.82) is 0 Å². The van der Waals surface area contributed by atoms with Crippen molar-refractivity contribution in [3.8, 4) is 0 Å². The number of aliphatic hydroxyl groups is 1. The molecule has 1 aromatic heterocycles. The van der Waals surface area contributed by atoms with Crippen LogP contribution < -0.4 is 0 Å². The molecule has 3 aromatic rings. The van der Waals surface area contributed by atoms with Crippen LogP contribution in [-0.4, -0.2) is 44.0 Å². The lowest BCUT2D eigenvalue weighted by Crippen LogP contribution is -2.32. The number of amides is 1. The van der Waals surface area contributed by atoms with E-state index in [1.54, 1.807) is 0 Å². The van der Waals surface area contributed by atoms with Crippen LogP contribution in [0.5, 0.6) is 0 Å². The van der Waals surface area contributed by atoms with Gasteiger partial charge in [0.15, 0.2) is 0 Å². The summed E-state index contributed by atoms with van der Waals surface area (Å²) in [7, 11) is 0. The molecule has 0 bridgehead atoms. The number of benzene rings is 2. The van der Waals surface area contributed by atoms with Crippen LogP contribution in [0.1, 0.15) is 17.5 Å². The average Bonchev–Trinajstić information content (AvgIpc) is 3.28. The molecule has 1 aliphatic heterocycles. The smallest absolute Gasteiger partial charge is 0.246 e. The van der Waals surface area contributed by atoms with Crippen LogP contribution in [0.4, 0.5) is 0 Å². The zero-order chi connectivity index (χ0) is 17.9. The molecular formula is C20H22N4O2. The van der Waals surface area contributed by atoms with E-state index in [0.29, 0.717) is 5.92 Å². The Labute approximate surface area is 152 Å². The molecule has 6 heteroatoms. The van der Waals surface area contributed by atoms with Gasteiger partial charge in [-0.3, -0.25) is 4.79 Å². The van der Waals surface area contributed by atoms with Gasteiger partial charge in [0.05, 0.1) is 6.61 Å². The van der Waals surface area contributed by atoms with Gasteiger partial charge in [0, 0.05) is 13.1 Å². The third-order valence-electron chi connectivity index (χ3n) is 4.97. The Morgan fingerprint density at radius 2 is 1.69 bits per heavy atom. The number of carbonyl (C=O) groups is 1. The van der Waals surface area contributed by atoms with E-state index in [1.165, 1.54) is 10.4 Å². The van der Waals surface area contributed by atoms with E-state index in [-0.39, 0.29) is 19.1 Å². The first-order valence-corrected chi connectivity index (χ1v) is 8.97. The minimum atomic E-state index is 0.0719. The number of aliphatic hydroxyl groups excluding tert-OH is 1. The molecule has 1 atom stereocenters. The first-order valence-electron chi connectivity index (χ1n) is 8.97. The molecule has 0 spiro atoms. The number of hydrogen-bond acceptors (Lipinski definition) is 4. The standard InChI is InChI=1S/C20H22N4O2/c25-14-16-7-5-15(6-8-16)11-17-9-10-23(12-17)20(26)13-24-21-18-3-1-2-4-19(18)22-24/h1-8,17,25H,9-14H2/t17-/m1/s1. The highest BCUT2D eigenvalue weighted by Gasteiger charge is 2.26. The van der Waals surface area contributed by atoms with Crippen LogP contribution in [0.15, 0.2) is 48.5 Å². The van der Waals surface area contributed by atoms with Crippen molar-refractivity contribution < 1.29 is 9.90 Å². The number of rotatable bonds is 5. The predicted octanol–water partition coefficient (Wildman–Crippen LogP) is 2.01. The highest BCUT2D eigenvalue weighted by atomic mass is 16.3. The number of aromatic nitrogens is 3. The van der Waals surface area contributed by atoms with Gasteiger partial charge in [-0.25, -0.2) is 0 Å². The van der Waals surface area contributed by atoms with Crippen LogP contribution >= 0.6 is 0 Å². The molecule has 1 amide bonds. The lowest BCUT2D eigenvalue weighted by Gasteiger charge is -2.16.